The van der Waals surface area contributed by atoms with Crippen LogP contribution in [0, 0.1) is 0 Å². The Kier molecular flexibility index (Phi) is 15.6. The van der Waals surface area contributed by atoms with E-state index in [4.69, 9.17) is 10.5 Å². The average molecular weight is 462 g/mol. The van der Waals surface area contributed by atoms with E-state index in [1.165, 1.54) is 63.9 Å². The lowest BCUT2D eigenvalue weighted by Gasteiger charge is -2.43. The summed E-state index contributed by atoms with van der Waals surface area (Å²) >= 11 is 0. The molecule has 1 heterocycles. The van der Waals surface area contributed by atoms with Crippen molar-refractivity contribution in [3.63, 3.8) is 0 Å². The van der Waals surface area contributed by atoms with E-state index in [1.54, 1.807) is 0 Å². The van der Waals surface area contributed by atoms with Crippen LogP contribution in [0.4, 0.5) is 0 Å². The number of ether oxygens (including phenoxy) is 1. The zero-order chi connectivity index (χ0) is 23.9. The number of aliphatic hydroxyl groups excluding tert-OH is 6. The third-order valence-corrected chi connectivity index (χ3v) is 6.36. The Bertz CT molecular complexity index is 491. The molecule has 8 heteroatoms. The molecule has 0 bridgehead atoms. The van der Waals surface area contributed by atoms with Gasteiger partial charge in [-0.1, -0.05) is 83.3 Å². The minimum absolute atomic E-state index is 0.592. The van der Waals surface area contributed by atoms with Crippen LogP contribution in [0.1, 0.15) is 84.0 Å². The Morgan fingerprint density at radius 1 is 0.812 bits per heavy atom. The minimum atomic E-state index is -1.60. The van der Waals surface area contributed by atoms with Gasteiger partial charge in [-0.05, 0) is 12.8 Å². The number of nitrogens with two attached hydrogens (primary N) is 1. The Morgan fingerprint density at radius 2 is 1.34 bits per heavy atom. The van der Waals surface area contributed by atoms with Crippen molar-refractivity contribution in [1.29, 1.82) is 0 Å². The van der Waals surface area contributed by atoms with Gasteiger partial charge in [-0.3, -0.25) is 0 Å². The summed E-state index contributed by atoms with van der Waals surface area (Å²) in [5, 5.41) is 59.7. The molecule has 2 unspecified atom stereocenters. The highest BCUT2D eigenvalue weighted by Crippen LogP contribution is 2.25. The van der Waals surface area contributed by atoms with Crippen molar-refractivity contribution in [2.45, 2.75) is 133 Å². The SMILES string of the molecule is CCCCCCCCCCCCC/C=C/[C@@H](O)[C@@H](N)C(O)C1O[C@H](CO)[C@@H](O)[C@H](O)[C@H]1O. The number of unbranched alkanes of at least 4 members (excludes halogenated alkanes) is 11. The summed E-state index contributed by atoms with van der Waals surface area (Å²) < 4.78 is 5.31. The van der Waals surface area contributed by atoms with Crippen LogP contribution in [0.25, 0.3) is 0 Å². The molecule has 1 rings (SSSR count). The van der Waals surface area contributed by atoms with Gasteiger partial charge in [-0.25, -0.2) is 0 Å². The molecular weight excluding hydrogens is 414 g/mol. The number of allylic oxidation sites excluding steroid dienone is 1. The van der Waals surface area contributed by atoms with E-state index in [-0.39, 0.29) is 0 Å². The summed E-state index contributed by atoms with van der Waals surface area (Å²) in [7, 11) is 0. The maximum absolute atomic E-state index is 10.4. The summed E-state index contributed by atoms with van der Waals surface area (Å²) in [4.78, 5) is 0. The Morgan fingerprint density at radius 3 is 1.88 bits per heavy atom. The molecule has 0 aliphatic carbocycles. The lowest BCUT2D eigenvalue weighted by atomic mass is 9.88. The smallest absolute Gasteiger partial charge is 0.114 e. The second-order valence-electron chi connectivity index (χ2n) is 9.10. The molecule has 8 N–H and O–H groups in total. The van der Waals surface area contributed by atoms with E-state index in [0.29, 0.717) is 0 Å². The van der Waals surface area contributed by atoms with Gasteiger partial charge in [0, 0.05) is 0 Å². The normalized spacial score (nSPS) is 29.3. The molecule has 0 aromatic heterocycles. The van der Waals surface area contributed by atoms with Crippen molar-refractivity contribution < 1.29 is 35.4 Å². The van der Waals surface area contributed by atoms with Crippen LogP contribution in [0.3, 0.4) is 0 Å². The fourth-order valence-electron chi connectivity index (χ4n) is 4.12. The zero-order valence-electron chi connectivity index (χ0n) is 19.6. The molecule has 0 radical (unpaired) electrons. The van der Waals surface area contributed by atoms with Gasteiger partial charge in [-0.2, -0.15) is 0 Å². The van der Waals surface area contributed by atoms with Gasteiger partial charge < -0.3 is 41.1 Å². The third-order valence-electron chi connectivity index (χ3n) is 6.36. The first-order chi connectivity index (χ1) is 15.3. The molecule has 1 aliphatic heterocycles. The van der Waals surface area contributed by atoms with Gasteiger partial charge in [0.15, 0.2) is 0 Å². The molecule has 1 aliphatic rings. The standard InChI is InChI=1S/C24H47NO7/c1-2-3-4-5-6-7-8-9-10-11-12-13-14-15-17(27)19(25)21(29)24-23(31)22(30)20(28)18(16-26)32-24/h14-15,17-24,26-31H,2-13,16,25H2,1H3/b15-14+/t17-,18-,19-,20-,21?,22+,23-,24?/m1/s1. The van der Waals surface area contributed by atoms with Crippen LogP contribution < -0.4 is 5.73 Å². The molecule has 0 spiro atoms. The second-order valence-corrected chi connectivity index (χ2v) is 9.10. The van der Waals surface area contributed by atoms with E-state index < -0.39 is 55.4 Å². The first-order valence-electron chi connectivity index (χ1n) is 12.4. The average Bonchev–Trinajstić information content (AvgIpc) is 2.79. The summed E-state index contributed by atoms with van der Waals surface area (Å²) in [5.41, 5.74) is 5.92. The first-order valence-corrected chi connectivity index (χ1v) is 12.4. The monoisotopic (exact) mass is 461 g/mol. The Balaban J connectivity index is 2.22. The van der Waals surface area contributed by atoms with E-state index >= 15 is 0 Å². The topological polar surface area (TPSA) is 157 Å². The van der Waals surface area contributed by atoms with Crippen LogP contribution >= 0.6 is 0 Å². The summed E-state index contributed by atoms with van der Waals surface area (Å²) in [6.45, 7) is 1.64. The quantitative estimate of drug-likeness (QED) is 0.126. The highest BCUT2D eigenvalue weighted by atomic mass is 16.6. The highest BCUT2D eigenvalue weighted by molar-refractivity contribution is 5.02. The number of aliphatic hydroxyl groups is 6. The number of hydrogen-bond acceptors (Lipinski definition) is 8. The number of rotatable bonds is 17. The molecule has 0 aromatic rings. The van der Waals surface area contributed by atoms with Crippen LogP contribution in [0.2, 0.25) is 0 Å². The molecule has 8 nitrogen and oxygen atoms in total. The lowest BCUT2D eigenvalue weighted by molar-refractivity contribution is -0.252. The fraction of sp³-hybridized carbons (Fsp3) is 0.917. The lowest BCUT2D eigenvalue weighted by Crippen LogP contribution is -2.64. The maximum atomic E-state index is 10.4. The predicted octanol–water partition coefficient (Wildman–Crippen LogP) is 1.14. The molecule has 0 aromatic carbocycles. The molecule has 1 saturated heterocycles. The molecule has 1 fully saturated rings. The van der Waals surface area contributed by atoms with E-state index in [0.717, 1.165) is 19.3 Å². The second kappa shape index (κ2) is 16.9. The van der Waals surface area contributed by atoms with Crippen molar-refractivity contribution in [2.75, 3.05) is 6.61 Å². The zero-order valence-corrected chi connectivity index (χ0v) is 19.6. The van der Waals surface area contributed by atoms with Gasteiger partial charge in [0.25, 0.3) is 0 Å². The maximum Gasteiger partial charge on any atom is 0.114 e. The van der Waals surface area contributed by atoms with E-state index in [1.807, 2.05) is 6.08 Å². The molecule has 0 saturated carbocycles. The largest absolute Gasteiger partial charge is 0.394 e. The third kappa shape index (κ3) is 10.1. The molecule has 32 heavy (non-hydrogen) atoms. The van der Waals surface area contributed by atoms with E-state index in [2.05, 4.69) is 6.92 Å². The summed E-state index contributed by atoms with van der Waals surface area (Å²) in [5.74, 6) is 0. The summed E-state index contributed by atoms with van der Waals surface area (Å²) in [6, 6.07) is -1.16. The van der Waals surface area contributed by atoms with Crippen molar-refractivity contribution in [2.24, 2.45) is 5.73 Å². The molecule has 0 amide bonds. The summed E-state index contributed by atoms with van der Waals surface area (Å²) in [6.07, 6.45) is 8.26. The predicted molar refractivity (Wildman–Crippen MR) is 124 cm³/mol. The van der Waals surface area contributed by atoms with Gasteiger partial charge in [0.05, 0.1) is 18.8 Å². The van der Waals surface area contributed by atoms with Crippen LogP contribution in [0.5, 0.6) is 0 Å². The van der Waals surface area contributed by atoms with Crippen molar-refractivity contribution >= 4 is 0 Å². The first kappa shape index (κ1) is 29.5. The van der Waals surface area contributed by atoms with Crippen molar-refractivity contribution in [3.05, 3.63) is 12.2 Å². The van der Waals surface area contributed by atoms with Gasteiger partial charge in [0.1, 0.15) is 36.6 Å². The van der Waals surface area contributed by atoms with Gasteiger partial charge >= 0.3 is 0 Å². The van der Waals surface area contributed by atoms with E-state index in [9.17, 15) is 30.6 Å². The van der Waals surface area contributed by atoms with Crippen LogP contribution in [-0.2, 0) is 4.74 Å². The van der Waals surface area contributed by atoms with Crippen LogP contribution in [0.15, 0.2) is 12.2 Å². The highest BCUT2D eigenvalue weighted by Gasteiger charge is 2.47. The Hall–Kier alpha value is -0.580. The van der Waals surface area contributed by atoms with Crippen LogP contribution in [-0.4, -0.2) is 86.0 Å². The molecular formula is C24H47NO7. The van der Waals surface area contributed by atoms with Crippen molar-refractivity contribution in [3.8, 4) is 0 Å². The van der Waals surface area contributed by atoms with Crippen molar-refractivity contribution in [1.82, 2.24) is 0 Å². The van der Waals surface area contributed by atoms with Gasteiger partial charge in [0.2, 0.25) is 0 Å². The fourth-order valence-corrected chi connectivity index (χ4v) is 4.12. The van der Waals surface area contributed by atoms with Gasteiger partial charge in [-0.15, -0.1) is 0 Å². The molecule has 8 atom stereocenters. The molecule has 190 valence electrons. The Labute approximate surface area is 193 Å². The minimum Gasteiger partial charge on any atom is -0.394 e. The number of hydrogen-bond donors (Lipinski definition) is 7.